The zero-order chi connectivity index (χ0) is 10.4. The smallest absolute Gasteiger partial charge is 0.407 e. The minimum atomic E-state index is -0.441. The number of carbonyl (C=O) groups is 1. The Morgan fingerprint density at radius 1 is 1.64 bits per heavy atom. The van der Waals surface area contributed by atoms with Crippen molar-refractivity contribution in [3.05, 3.63) is 12.7 Å². The van der Waals surface area contributed by atoms with Crippen LogP contribution in [0.25, 0.3) is 0 Å². The zero-order valence-corrected chi connectivity index (χ0v) is 8.24. The molecule has 14 heavy (non-hydrogen) atoms. The molecule has 2 N–H and O–H groups in total. The van der Waals surface area contributed by atoms with Crippen LogP contribution in [0, 0.1) is 5.92 Å². The molecule has 80 valence electrons. The third-order valence-electron chi connectivity index (χ3n) is 2.46. The van der Waals surface area contributed by atoms with E-state index < -0.39 is 6.09 Å². The summed E-state index contributed by atoms with van der Waals surface area (Å²) in [5.41, 5.74) is 0. The van der Waals surface area contributed by atoms with Crippen molar-refractivity contribution in [2.75, 3.05) is 13.2 Å². The molecule has 0 aromatic heterocycles. The summed E-state index contributed by atoms with van der Waals surface area (Å²) >= 11 is 0. The standard InChI is InChI=1S/C10H17NO3/c1-2-6-14-10(13)11-7-8-4-3-5-9(8)12/h2,8-9,12H,1,3-7H2,(H,11,13). The molecule has 1 aliphatic carbocycles. The van der Waals surface area contributed by atoms with Crippen LogP contribution in [-0.4, -0.2) is 30.5 Å². The molecule has 0 aromatic carbocycles. The normalized spacial score (nSPS) is 25.8. The van der Waals surface area contributed by atoms with Crippen LogP contribution in [0.1, 0.15) is 19.3 Å². The minimum absolute atomic E-state index is 0.186. The van der Waals surface area contributed by atoms with Gasteiger partial charge in [0.15, 0.2) is 0 Å². The molecule has 0 saturated heterocycles. The first-order valence-corrected chi connectivity index (χ1v) is 4.93. The van der Waals surface area contributed by atoms with Gasteiger partial charge in [-0.05, 0) is 12.8 Å². The first-order chi connectivity index (χ1) is 6.74. The molecule has 0 aliphatic heterocycles. The molecular formula is C10H17NO3. The number of aliphatic hydroxyl groups excluding tert-OH is 1. The highest BCUT2D eigenvalue weighted by atomic mass is 16.5. The number of hydrogen-bond donors (Lipinski definition) is 2. The Morgan fingerprint density at radius 3 is 3.00 bits per heavy atom. The van der Waals surface area contributed by atoms with Crippen LogP contribution in [0.2, 0.25) is 0 Å². The monoisotopic (exact) mass is 199 g/mol. The Balaban J connectivity index is 2.13. The van der Waals surface area contributed by atoms with Crippen LogP contribution in [0.15, 0.2) is 12.7 Å². The topological polar surface area (TPSA) is 58.6 Å². The molecule has 2 atom stereocenters. The lowest BCUT2D eigenvalue weighted by atomic mass is 10.1. The lowest BCUT2D eigenvalue weighted by Crippen LogP contribution is -2.32. The molecule has 2 unspecified atom stereocenters. The van der Waals surface area contributed by atoms with E-state index in [1.165, 1.54) is 6.08 Å². The number of alkyl carbamates (subject to hydrolysis) is 1. The van der Waals surface area contributed by atoms with Gasteiger partial charge >= 0.3 is 6.09 Å². The molecule has 1 amide bonds. The molecular weight excluding hydrogens is 182 g/mol. The van der Waals surface area contributed by atoms with Gasteiger partial charge in [-0.1, -0.05) is 19.1 Å². The van der Waals surface area contributed by atoms with E-state index in [4.69, 9.17) is 4.74 Å². The number of ether oxygens (including phenoxy) is 1. The summed E-state index contributed by atoms with van der Waals surface area (Å²) < 4.78 is 4.74. The summed E-state index contributed by atoms with van der Waals surface area (Å²) in [5.74, 6) is 0.186. The van der Waals surface area contributed by atoms with Gasteiger partial charge in [-0.3, -0.25) is 0 Å². The van der Waals surface area contributed by atoms with Crippen molar-refractivity contribution < 1.29 is 14.6 Å². The summed E-state index contributed by atoms with van der Waals surface area (Å²) in [4.78, 5) is 11.0. The SMILES string of the molecule is C=CCOC(=O)NCC1CCCC1O. The molecule has 0 heterocycles. The molecule has 4 nitrogen and oxygen atoms in total. The van der Waals surface area contributed by atoms with Gasteiger partial charge in [0.2, 0.25) is 0 Å². The molecule has 1 saturated carbocycles. The van der Waals surface area contributed by atoms with Gasteiger partial charge in [-0.15, -0.1) is 0 Å². The molecule has 1 rings (SSSR count). The first-order valence-electron chi connectivity index (χ1n) is 4.93. The maximum atomic E-state index is 11.0. The summed E-state index contributed by atoms with van der Waals surface area (Å²) in [6, 6.07) is 0. The highest BCUT2D eigenvalue weighted by Gasteiger charge is 2.25. The fraction of sp³-hybridized carbons (Fsp3) is 0.700. The molecule has 1 aliphatic rings. The Hall–Kier alpha value is -1.03. The molecule has 0 radical (unpaired) electrons. The van der Waals surface area contributed by atoms with Crippen molar-refractivity contribution in [1.29, 1.82) is 0 Å². The number of rotatable bonds is 4. The lowest BCUT2D eigenvalue weighted by molar-refractivity contribution is 0.124. The number of hydrogen-bond acceptors (Lipinski definition) is 3. The third kappa shape index (κ3) is 3.38. The van der Waals surface area contributed by atoms with Gasteiger partial charge < -0.3 is 15.2 Å². The van der Waals surface area contributed by atoms with Crippen LogP contribution in [0.3, 0.4) is 0 Å². The Morgan fingerprint density at radius 2 is 2.43 bits per heavy atom. The number of nitrogens with one attached hydrogen (secondary N) is 1. The van der Waals surface area contributed by atoms with Crippen LogP contribution < -0.4 is 5.32 Å². The molecule has 1 fully saturated rings. The van der Waals surface area contributed by atoms with Crippen molar-refractivity contribution in [1.82, 2.24) is 5.32 Å². The van der Waals surface area contributed by atoms with Gasteiger partial charge in [0.1, 0.15) is 6.61 Å². The molecule has 0 aromatic rings. The van der Waals surface area contributed by atoms with Gasteiger partial charge in [0.05, 0.1) is 6.10 Å². The largest absolute Gasteiger partial charge is 0.445 e. The second kappa shape index (κ2) is 5.65. The van der Waals surface area contributed by atoms with Gasteiger partial charge in [0, 0.05) is 12.5 Å². The van der Waals surface area contributed by atoms with E-state index in [0.29, 0.717) is 6.54 Å². The van der Waals surface area contributed by atoms with E-state index in [0.717, 1.165) is 19.3 Å². The maximum Gasteiger partial charge on any atom is 0.407 e. The van der Waals surface area contributed by atoms with Crippen molar-refractivity contribution in [2.45, 2.75) is 25.4 Å². The van der Waals surface area contributed by atoms with Crippen molar-refractivity contribution in [3.63, 3.8) is 0 Å². The van der Waals surface area contributed by atoms with E-state index in [1.807, 2.05) is 0 Å². The second-order valence-corrected chi connectivity index (χ2v) is 3.53. The minimum Gasteiger partial charge on any atom is -0.445 e. The average Bonchev–Trinajstić information content (AvgIpc) is 2.58. The van der Waals surface area contributed by atoms with E-state index in [-0.39, 0.29) is 18.6 Å². The van der Waals surface area contributed by atoms with Crippen LogP contribution in [-0.2, 0) is 4.74 Å². The third-order valence-corrected chi connectivity index (χ3v) is 2.46. The highest BCUT2D eigenvalue weighted by molar-refractivity contribution is 5.67. The van der Waals surface area contributed by atoms with E-state index >= 15 is 0 Å². The fourth-order valence-corrected chi connectivity index (χ4v) is 1.66. The summed E-state index contributed by atoms with van der Waals surface area (Å²) in [6.07, 6.45) is 3.66. The summed E-state index contributed by atoms with van der Waals surface area (Å²) in [5, 5.41) is 12.1. The predicted octanol–water partition coefficient (Wildman–Crippen LogP) is 1.06. The van der Waals surface area contributed by atoms with Gasteiger partial charge in [0.25, 0.3) is 0 Å². The van der Waals surface area contributed by atoms with Crippen LogP contribution in [0.5, 0.6) is 0 Å². The Labute approximate surface area is 83.9 Å². The van der Waals surface area contributed by atoms with Crippen LogP contribution in [0.4, 0.5) is 4.79 Å². The number of aliphatic hydroxyl groups is 1. The van der Waals surface area contributed by atoms with E-state index in [1.54, 1.807) is 0 Å². The number of carbonyl (C=O) groups excluding carboxylic acids is 1. The van der Waals surface area contributed by atoms with E-state index in [2.05, 4.69) is 11.9 Å². The fourth-order valence-electron chi connectivity index (χ4n) is 1.66. The van der Waals surface area contributed by atoms with Gasteiger partial charge in [-0.25, -0.2) is 4.79 Å². The first kappa shape index (κ1) is 11.0. The van der Waals surface area contributed by atoms with E-state index in [9.17, 15) is 9.90 Å². The summed E-state index contributed by atoms with van der Waals surface area (Å²) in [6.45, 7) is 4.16. The highest BCUT2D eigenvalue weighted by Crippen LogP contribution is 2.24. The van der Waals surface area contributed by atoms with Crippen LogP contribution >= 0.6 is 0 Å². The van der Waals surface area contributed by atoms with Crippen molar-refractivity contribution in [3.8, 4) is 0 Å². The Kier molecular flexibility index (Phi) is 4.46. The second-order valence-electron chi connectivity index (χ2n) is 3.53. The van der Waals surface area contributed by atoms with Crippen molar-refractivity contribution >= 4 is 6.09 Å². The molecule has 0 bridgehead atoms. The molecule has 4 heteroatoms. The average molecular weight is 199 g/mol. The predicted molar refractivity (Wildman–Crippen MR) is 52.9 cm³/mol. The van der Waals surface area contributed by atoms with Crippen molar-refractivity contribution in [2.24, 2.45) is 5.92 Å². The number of amides is 1. The lowest BCUT2D eigenvalue weighted by Gasteiger charge is -2.14. The summed E-state index contributed by atoms with van der Waals surface area (Å²) in [7, 11) is 0. The zero-order valence-electron chi connectivity index (χ0n) is 8.24. The maximum absolute atomic E-state index is 11.0. The molecule has 0 spiro atoms. The quantitative estimate of drug-likeness (QED) is 0.665. The Bertz CT molecular complexity index is 206. The van der Waals surface area contributed by atoms with Gasteiger partial charge in [-0.2, -0.15) is 0 Å².